The van der Waals surface area contributed by atoms with Crippen LogP contribution in [0.2, 0.25) is 0 Å². The van der Waals surface area contributed by atoms with Gasteiger partial charge in [0.1, 0.15) is 5.75 Å². The molecule has 78 valence electrons. The maximum absolute atomic E-state index is 13.0. The first-order valence-corrected chi connectivity index (χ1v) is 7.71. The molecular weight excluding hydrogens is 287 g/mol. The molecule has 0 aromatic heterocycles. The van der Waals surface area contributed by atoms with Crippen LogP contribution in [-0.4, -0.2) is 26.5 Å². The van der Waals surface area contributed by atoms with Crippen molar-refractivity contribution >= 4 is 37.5 Å². The predicted molar refractivity (Wildman–Crippen MR) is 63.3 cm³/mol. The van der Waals surface area contributed by atoms with Crippen LogP contribution in [-0.2, 0) is 0 Å². The second kappa shape index (κ2) is 5.62. The highest BCUT2D eigenvalue weighted by molar-refractivity contribution is 9.10. The molecule has 0 atom stereocenters. The van der Waals surface area contributed by atoms with E-state index in [1.807, 2.05) is 6.26 Å². The molecule has 0 saturated carbocycles. The second-order valence-electron chi connectivity index (χ2n) is 2.58. The Labute approximate surface area is 96.9 Å². The number of hydrogen-bond acceptors (Lipinski definition) is 3. The smallest absolute Gasteiger partial charge is 0.229 e. The molecule has 0 unspecified atom stereocenters. The molecule has 1 N–H and O–H groups in total. The molecule has 14 heavy (non-hydrogen) atoms. The summed E-state index contributed by atoms with van der Waals surface area (Å²) >= 11 is 4.72. The fourth-order valence-corrected chi connectivity index (χ4v) is 2.71. The second-order valence-corrected chi connectivity index (χ2v) is 6.34. The summed E-state index contributed by atoms with van der Waals surface area (Å²) in [4.78, 5) is 0. The highest BCUT2D eigenvalue weighted by atomic mass is 79.9. The Morgan fingerprint density at radius 2 is 2.36 bits per heavy atom. The first-order valence-electron chi connectivity index (χ1n) is 3.95. The lowest BCUT2D eigenvalue weighted by molar-refractivity contribution is 0.426. The predicted octanol–water partition coefficient (Wildman–Crippen LogP) is 2.08. The van der Waals surface area contributed by atoms with Gasteiger partial charge in [0, 0.05) is 11.4 Å². The first-order chi connectivity index (χ1) is 6.65. The molecule has 0 spiro atoms. The minimum absolute atomic E-state index is 0.227. The van der Waals surface area contributed by atoms with Crippen LogP contribution in [0.25, 0.3) is 0 Å². The molecule has 0 aliphatic heterocycles. The monoisotopic (exact) mass is 296 g/mol. The van der Waals surface area contributed by atoms with E-state index in [-0.39, 0.29) is 10.2 Å². The first kappa shape index (κ1) is 11.9. The van der Waals surface area contributed by atoms with Gasteiger partial charge < -0.3 is 9.53 Å². The van der Waals surface area contributed by atoms with Crippen LogP contribution < -0.4 is 4.43 Å². The minimum Gasteiger partial charge on any atom is -0.548 e. The molecule has 2 nitrogen and oxygen atoms in total. The van der Waals surface area contributed by atoms with E-state index in [0.717, 1.165) is 5.38 Å². The zero-order chi connectivity index (χ0) is 10.6. The molecule has 0 aliphatic carbocycles. The van der Waals surface area contributed by atoms with Gasteiger partial charge in [0.2, 0.25) is 9.76 Å². The van der Waals surface area contributed by atoms with Gasteiger partial charge in [0.15, 0.2) is 11.6 Å². The molecule has 0 radical (unpaired) electrons. The summed E-state index contributed by atoms with van der Waals surface area (Å²) in [5, 5.41) is 10.2. The van der Waals surface area contributed by atoms with E-state index < -0.39 is 15.6 Å². The highest BCUT2D eigenvalue weighted by Gasteiger charge is 2.07. The molecule has 0 bridgehead atoms. The standard InChI is InChI=1S/C8H10BrFO2SSi/c1-13-4-14-12-5-2-6(9)8(10)7(11)3-5/h2-3,11H,4,14H2,1H3. The van der Waals surface area contributed by atoms with Crippen LogP contribution in [0, 0.1) is 5.82 Å². The van der Waals surface area contributed by atoms with Crippen molar-refractivity contribution in [2.75, 3.05) is 11.6 Å². The Hall–Kier alpha value is -0.203. The summed E-state index contributed by atoms with van der Waals surface area (Å²) in [6.07, 6.45) is 2.01. The Morgan fingerprint density at radius 1 is 1.64 bits per heavy atom. The average molecular weight is 297 g/mol. The Morgan fingerprint density at radius 3 is 2.93 bits per heavy atom. The average Bonchev–Trinajstić information content (AvgIpc) is 2.14. The van der Waals surface area contributed by atoms with E-state index in [4.69, 9.17) is 9.53 Å². The number of aromatic hydroxyl groups is 1. The molecule has 0 aliphatic rings. The number of hydrogen-bond donors (Lipinski definition) is 1. The van der Waals surface area contributed by atoms with Crippen LogP contribution in [0.5, 0.6) is 11.5 Å². The number of benzene rings is 1. The molecule has 0 heterocycles. The largest absolute Gasteiger partial charge is 0.548 e. The van der Waals surface area contributed by atoms with Crippen molar-refractivity contribution < 1.29 is 13.9 Å². The van der Waals surface area contributed by atoms with Crippen molar-refractivity contribution in [2.45, 2.75) is 0 Å². The summed E-state index contributed by atoms with van der Waals surface area (Å²) in [6.45, 7) is 0. The molecular formula is C8H10BrFO2SSi. The number of phenolic OH excluding ortho intramolecular Hbond substituents is 1. The number of thioether (sulfide) groups is 1. The zero-order valence-electron chi connectivity index (χ0n) is 7.59. The van der Waals surface area contributed by atoms with Crippen LogP contribution in [0.3, 0.4) is 0 Å². The van der Waals surface area contributed by atoms with E-state index in [9.17, 15) is 4.39 Å². The van der Waals surface area contributed by atoms with E-state index in [2.05, 4.69) is 15.9 Å². The summed E-state index contributed by atoms with van der Waals surface area (Å²) in [7, 11) is -0.623. The van der Waals surface area contributed by atoms with Gasteiger partial charge in [0.05, 0.1) is 4.47 Å². The maximum atomic E-state index is 13.0. The summed E-state index contributed by atoms with van der Waals surface area (Å²) in [5.41, 5.74) is 0. The van der Waals surface area contributed by atoms with Crippen molar-refractivity contribution in [2.24, 2.45) is 0 Å². The van der Waals surface area contributed by atoms with Crippen molar-refractivity contribution in [3.8, 4) is 11.5 Å². The van der Waals surface area contributed by atoms with Crippen molar-refractivity contribution in [3.63, 3.8) is 0 Å². The van der Waals surface area contributed by atoms with Gasteiger partial charge in [-0.15, -0.1) is 0 Å². The van der Waals surface area contributed by atoms with Crippen molar-refractivity contribution in [1.82, 2.24) is 0 Å². The Balaban J connectivity index is 2.69. The Bertz CT molecular complexity index is 301. The normalized spacial score (nSPS) is 11.1. The van der Waals surface area contributed by atoms with Gasteiger partial charge in [0.25, 0.3) is 0 Å². The van der Waals surface area contributed by atoms with Gasteiger partial charge in [-0.1, -0.05) is 0 Å². The van der Waals surface area contributed by atoms with Crippen LogP contribution in [0.4, 0.5) is 4.39 Å². The third-order valence-electron chi connectivity index (χ3n) is 1.54. The topological polar surface area (TPSA) is 29.5 Å². The van der Waals surface area contributed by atoms with E-state index >= 15 is 0 Å². The number of rotatable bonds is 4. The quantitative estimate of drug-likeness (QED) is 0.681. The molecule has 1 aromatic rings. The third kappa shape index (κ3) is 3.18. The lowest BCUT2D eigenvalue weighted by Gasteiger charge is -2.07. The van der Waals surface area contributed by atoms with Gasteiger partial charge >= 0.3 is 0 Å². The van der Waals surface area contributed by atoms with Gasteiger partial charge in [-0.05, 0) is 28.3 Å². The van der Waals surface area contributed by atoms with Crippen molar-refractivity contribution in [1.29, 1.82) is 0 Å². The SMILES string of the molecule is CSC[SiH2]Oc1cc(O)c(F)c(Br)c1. The van der Waals surface area contributed by atoms with E-state index in [1.165, 1.54) is 12.1 Å². The molecule has 6 heteroatoms. The molecule has 1 rings (SSSR count). The minimum atomic E-state index is -0.649. The lowest BCUT2D eigenvalue weighted by atomic mass is 10.3. The number of phenols is 1. The summed E-state index contributed by atoms with van der Waals surface area (Å²) in [5.74, 6) is -0.507. The molecule has 0 fully saturated rings. The van der Waals surface area contributed by atoms with Crippen molar-refractivity contribution in [3.05, 3.63) is 22.4 Å². The fraction of sp³-hybridized carbons (Fsp3) is 0.250. The zero-order valence-corrected chi connectivity index (χ0v) is 11.4. The van der Waals surface area contributed by atoms with E-state index in [0.29, 0.717) is 5.75 Å². The molecule has 0 saturated heterocycles. The van der Waals surface area contributed by atoms with Crippen LogP contribution in [0.15, 0.2) is 16.6 Å². The molecule has 1 aromatic carbocycles. The van der Waals surface area contributed by atoms with E-state index in [1.54, 1.807) is 11.8 Å². The third-order valence-corrected chi connectivity index (χ3v) is 4.95. The lowest BCUT2D eigenvalue weighted by Crippen LogP contribution is -2.05. The van der Waals surface area contributed by atoms with Gasteiger partial charge in [-0.25, -0.2) is 4.39 Å². The van der Waals surface area contributed by atoms with Crippen LogP contribution in [0.1, 0.15) is 0 Å². The summed E-state index contributed by atoms with van der Waals surface area (Å²) in [6, 6.07) is 2.83. The number of halogens is 2. The maximum Gasteiger partial charge on any atom is 0.229 e. The van der Waals surface area contributed by atoms with Gasteiger partial charge in [-0.2, -0.15) is 11.8 Å². The van der Waals surface area contributed by atoms with Crippen LogP contribution >= 0.6 is 27.7 Å². The fourth-order valence-electron chi connectivity index (χ4n) is 0.877. The highest BCUT2D eigenvalue weighted by Crippen LogP contribution is 2.29. The summed E-state index contributed by atoms with van der Waals surface area (Å²) < 4.78 is 18.6. The van der Waals surface area contributed by atoms with Gasteiger partial charge in [-0.3, -0.25) is 0 Å². The Kier molecular flexibility index (Phi) is 4.77. The molecule has 0 amide bonds.